The van der Waals surface area contributed by atoms with E-state index >= 15 is 0 Å². The summed E-state index contributed by atoms with van der Waals surface area (Å²) in [5.74, 6) is 0.698. The SMILES string of the molecule is COc1c(C(C)=O)cc(Br)c(C)c1C. The van der Waals surface area contributed by atoms with Gasteiger partial charge < -0.3 is 4.74 Å². The normalized spacial score (nSPS) is 10.1. The van der Waals surface area contributed by atoms with Crippen molar-refractivity contribution in [1.82, 2.24) is 0 Å². The zero-order valence-corrected chi connectivity index (χ0v) is 10.4. The summed E-state index contributed by atoms with van der Waals surface area (Å²) >= 11 is 3.42. The van der Waals surface area contributed by atoms with Crippen molar-refractivity contribution in [2.75, 3.05) is 7.11 Å². The Labute approximate surface area is 92.4 Å². The predicted octanol–water partition coefficient (Wildman–Crippen LogP) is 3.28. The van der Waals surface area contributed by atoms with Crippen LogP contribution in [0.5, 0.6) is 5.75 Å². The van der Waals surface area contributed by atoms with E-state index in [1.54, 1.807) is 14.0 Å². The molecule has 0 radical (unpaired) electrons. The fourth-order valence-electron chi connectivity index (χ4n) is 1.38. The van der Waals surface area contributed by atoms with Crippen molar-refractivity contribution < 1.29 is 9.53 Å². The van der Waals surface area contributed by atoms with Crippen LogP contribution in [0.15, 0.2) is 10.5 Å². The summed E-state index contributed by atoms with van der Waals surface area (Å²) in [6.45, 7) is 5.48. The highest BCUT2D eigenvalue weighted by atomic mass is 79.9. The van der Waals surface area contributed by atoms with Gasteiger partial charge in [-0.3, -0.25) is 4.79 Å². The number of benzene rings is 1. The lowest BCUT2D eigenvalue weighted by atomic mass is 10.0. The number of hydrogen-bond donors (Lipinski definition) is 0. The second kappa shape index (κ2) is 4.13. The smallest absolute Gasteiger partial charge is 0.163 e. The molecule has 0 heterocycles. The molecule has 0 aliphatic heterocycles. The molecule has 1 aromatic rings. The van der Waals surface area contributed by atoms with Crippen LogP contribution in [0.2, 0.25) is 0 Å². The van der Waals surface area contributed by atoms with E-state index in [-0.39, 0.29) is 5.78 Å². The highest BCUT2D eigenvalue weighted by molar-refractivity contribution is 9.10. The lowest BCUT2D eigenvalue weighted by Gasteiger charge is -2.13. The molecule has 14 heavy (non-hydrogen) atoms. The van der Waals surface area contributed by atoms with Gasteiger partial charge in [0.1, 0.15) is 5.75 Å². The Kier molecular flexibility index (Phi) is 3.32. The van der Waals surface area contributed by atoms with Crippen LogP contribution in [0.3, 0.4) is 0 Å². The van der Waals surface area contributed by atoms with Gasteiger partial charge in [-0.05, 0) is 38.0 Å². The number of hydrogen-bond acceptors (Lipinski definition) is 2. The maximum atomic E-state index is 11.3. The maximum Gasteiger partial charge on any atom is 0.163 e. The van der Waals surface area contributed by atoms with Crippen molar-refractivity contribution in [2.45, 2.75) is 20.8 Å². The Balaban J connectivity index is 3.51. The Morgan fingerprint density at radius 2 is 1.93 bits per heavy atom. The van der Waals surface area contributed by atoms with Crippen LogP contribution in [-0.2, 0) is 0 Å². The Bertz CT molecular complexity index is 383. The first-order valence-electron chi connectivity index (χ1n) is 4.33. The van der Waals surface area contributed by atoms with Gasteiger partial charge in [-0.25, -0.2) is 0 Å². The molecule has 0 saturated heterocycles. The standard InChI is InChI=1S/C11H13BrO2/c1-6-7(2)11(14-4)9(8(3)13)5-10(6)12/h5H,1-4H3. The summed E-state index contributed by atoms with van der Waals surface area (Å²) in [5.41, 5.74) is 2.74. The number of ketones is 1. The van der Waals surface area contributed by atoms with Crippen LogP contribution in [-0.4, -0.2) is 12.9 Å². The number of rotatable bonds is 2. The van der Waals surface area contributed by atoms with Gasteiger partial charge >= 0.3 is 0 Å². The van der Waals surface area contributed by atoms with Gasteiger partial charge in [-0.2, -0.15) is 0 Å². The van der Waals surface area contributed by atoms with Gasteiger partial charge in [-0.1, -0.05) is 15.9 Å². The average Bonchev–Trinajstić information content (AvgIpc) is 2.13. The largest absolute Gasteiger partial charge is 0.496 e. The van der Waals surface area contributed by atoms with Crippen LogP contribution < -0.4 is 4.74 Å². The van der Waals surface area contributed by atoms with Crippen LogP contribution >= 0.6 is 15.9 Å². The van der Waals surface area contributed by atoms with Gasteiger partial charge in [0.15, 0.2) is 5.78 Å². The average molecular weight is 257 g/mol. The molecule has 1 aromatic carbocycles. The fourth-order valence-corrected chi connectivity index (χ4v) is 1.90. The summed E-state index contributed by atoms with van der Waals surface area (Å²) in [5, 5.41) is 0. The van der Waals surface area contributed by atoms with Gasteiger partial charge in [0.2, 0.25) is 0 Å². The highest BCUT2D eigenvalue weighted by Gasteiger charge is 2.14. The van der Waals surface area contributed by atoms with Crippen molar-refractivity contribution in [3.05, 3.63) is 27.2 Å². The highest BCUT2D eigenvalue weighted by Crippen LogP contribution is 2.32. The maximum absolute atomic E-state index is 11.3. The number of carbonyl (C=O) groups is 1. The Hall–Kier alpha value is -0.830. The van der Waals surface area contributed by atoms with E-state index < -0.39 is 0 Å². The number of methoxy groups -OCH3 is 1. The van der Waals surface area contributed by atoms with Crippen LogP contribution in [0.4, 0.5) is 0 Å². The van der Waals surface area contributed by atoms with Gasteiger partial charge in [0, 0.05) is 4.47 Å². The number of carbonyl (C=O) groups excluding carboxylic acids is 1. The molecule has 3 heteroatoms. The minimum atomic E-state index is 0.0191. The second-order valence-electron chi connectivity index (χ2n) is 3.25. The molecule has 0 amide bonds. The summed E-state index contributed by atoms with van der Waals surface area (Å²) in [6, 6.07) is 1.81. The fraction of sp³-hybridized carbons (Fsp3) is 0.364. The first-order valence-corrected chi connectivity index (χ1v) is 5.13. The van der Waals surface area contributed by atoms with Crippen LogP contribution in [0.25, 0.3) is 0 Å². The predicted molar refractivity (Wildman–Crippen MR) is 60.2 cm³/mol. The van der Waals surface area contributed by atoms with Gasteiger partial charge in [0.25, 0.3) is 0 Å². The lowest BCUT2D eigenvalue weighted by molar-refractivity contribution is 0.101. The van der Waals surface area contributed by atoms with Crippen molar-refractivity contribution in [2.24, 2.45) is 0 Å². The molecule has 0 atom stereocenters. The molecule has 0 unspecified atom stereocenters. The molecule has 1 rings (SSSR count). The van der Waals surface area contributed by atoms with Crippen molar-refractivity contribution in [3.8, 4) is 5.75 Å². The van der Waals surface area contributed by atoms with E-state index in [1.807, 2.05) is 19.9 Å². The molecule has 0 fully saturated rings. The summed E-state index contributed by atoms with van der Waals surface area (Å²) < 4.78 is 6.18. The third kappa shape index (κ3) is 1.82. The van der Waals surface area contributed by atoms with Crippen molar-refractivity contribution >= 4 is 21.7 Å². The summed E-state index contributed by atoms with van der Waals surface area (Å²) in [7, 11) is 1.59. The first kappa shape index (κ1) is 11.2. The van der Waals surface area contributed by atoms with E-state index in [1.165, 1.54) is 0 Å². The van der Waals surface area contributed by atoms with Crippen LogP contribution in [0, 0.1) is 13.8 Å². The second-order valence-corrected chi connectivity index (χ2v) is 4.10. The molecule has 76 valence electrons. The molecule has 0 aromatic heterocycles. The van der Waals surface area contributed by atoms with E-state index in [0.717, 1.165) is 15.6 Å². The van der Waals surface area contributed by atoms with Gasteiger partial charge in [0.05, 0.1) is 12.7 Å². The molecular weight excluding hydrogens is 244 g/mol. The third-order valence-electron chi connectivity index (χ3n) is 2.36. The molecule has 0 aliphatic carbocycles. The monoisotopic (exact) mass is 256 g/mol. The lowest BCUT2D eigenvalue weighted by Crippen LogP contribution is -2.01. The van der Waals surface area contributed by atoms with E-state index in [4.69, 9.17) is 4.74 Å². The third-order valence-corrected chi connectivity index (χ3v) is 3.18. The van der Waals surface area contributed by atoms with Crippen molar-refractivity contribution in [3.63, 3.8) is 0 Å². The molecule has 0 N–H and O–H groups in total. The number of halogens is 1. The molecule has 0 saturated carbocycles. The molecule has 0 spiro atoms. The summed E-state index contributed by atoms with van der Waals surface area (Å²) in [4.78, 5) is 11.3. The molecule has 0 aliphatic rings. The van der Waals surface area contributed by atoms with E-state index in [2.05, 4.69) is 15.9 Å². The first-order chi connectivity index (χ1) is 6.49. The number of ether oxygens (including phenoxy) is 1. The zero-order valence-electron chi connectivity index (χ0n) is 8.77. The molecule has 0 bridgehead atoms. The Morgan fingerprint density at radius 3 is 2.36 bits per heavy atom. The van der Waals surface area contributed by atoms with E-state index in [9.17, 15) is 4.79 Å². The number of Topliss-reactive ketones (excluding diaryl/α,β-unsaturated/α-hetero) is 1. The molecular formula is C11H13BrO2. The summed E-state index contributed by atoms with van der Waals surface area (Å²) in [6.07, 6.45) is 0. The molecule has 2 nitrogen and oxygen atoms in total. The minimum Gasteiger partial charge on any atom is -0.496 e. The van der Waals surface area contributed by atoms with Gasteiger partial charge in [-0.15, -0.1) is 0 Å². The quantitative estimate of drug-likeness (QED) is 0.760. The topological polar surface area (TPSA) is 26.3 Å². The Morgan fingerprint density at radius 1 is 1.36 bits per heavy atom. The van der Waals surface area contributed by atoms with E-state index in [0.29, 0.717) is 11.3 Å². The zero-order chi connectivity index (χ0) is 10.9. The minimum absolute atomic E-state index is 0.0191. The van der Waals surface area contributed by atoms with Crippen molar-refractivity contribution in [1.29, 1.82) is 0 Å². The van der Waals surface area contributed by atoms with Crippen LogP contribution in [0.1, 0.15) is 28.4 Å².